The van der Waals surface area contributed by atoms with Crippen LogP contribution >= 0.6 is 22.6 Å². The zero-order chi connectivity index (χ0) is 16.6. The standard InChI is InChI=1S/C17H15FIN3O/c1-17(2,23)15-8-3-11(9-20-15)16-14(19)10-22(21-16)13-6-4-12(18)5-7-13/h3-10,23H,1-2H3. The molecule has 118 valence electrons. The second-order valence-electron chi connectivity index (χ2n) is 5.74. The first kappa shape index (κ1) is 16.1. The third kappa shape index (κ3) is 3.42. The quantitative estimate of drug-likeness (QED) is 0.651. The lowest BCUT2D eigenvalue weighted by Crippen LogP contribution is -2.17. The van der Waals surface area contributed by atoms with Gasteiger partial charge in [0.05, 0.1) is 15.0 Å². The number of hydrogen-bond acceptors (Lipinski definition) is 3. The molecule has 0 fully saturated rings. The number of aliphatic hydroxyl groups is 1. The van der Waals surface area contributed by atoms with Crippen molar-refractivity contribution in [2.24, 2.45) is 0 Å². The molecule has 1 N–H and O–H groups in total. The number of pyridine rings is 1. The summed E-state index contributed by atoms with van der Waals surface area (Å²) in [6.07, 6.45) is 3.58. The fraction of sp³-hybridized carbons (Fsp3) is 0.176. The summed E-state index contributed by atoms with van der Waals surface area (Å²) in [6.45, 7) is 3.39. The zero-order valence-corrected chi connectivity index (χ0v) is 14.8. The second kappa shape index (κ2) is 6.01. The summed E-state index contributed by atoms with van der Waals surface area (Å²) in [5.41, 5.74) is 2.08. The second-order valence-corrected chi connectivity index (χ2v) is 6.90. The van der Waals surface area contributed by atoms with Gasteiger partial charge in [0.25, 0.3) is 0 Å². The highest BCUT2D eigenvalue weighted by Gasteiger charge is 2.18. The smallest absolute Gasteiger partial charge is 0.123 e. The summed E-state index contributed by atoms with van der Waals surface area (Å²) < 4.78 is 15.7. The van der Waals surface area contributed by atoms with Gasteiger partial charge >= 0.3 is 0 Å². The molecule has 0 bridgehead atoms. The number of aromatic nitrogens is 3. The Morgan fingerprint density at radius 2 is 1.83 bits per heavy atom. The van der Waals surface area contributed by atoms with E-state index >= 15 is 0 Å². The molecule has 3 aromatic rings. The number of benzene rings is 1. The summed E-state index contributed by atoms with van der Waals surface area (Å²) in [5.74, 6) is -0.276. The van der Waals surface area contributed by atoms with Crippen molar-refractivity contribution in [1.82, 2.24) is 14.8 Å². The number of rotatable bonds is 3. The van der Waals surface area contributed by atoms with Gasteiger partial charge in [-0.15, -0.1) is 0 Å². The van der Waals surface area contributed by atoms with Gasteiger partial charge in [-0.05, 0) is 72.8 Å². The molecule has 1 aromatic carbocycles. The van der Waals surface area contributed by atoms with Gasteiger partial charge in [-0.2, -0.15) is 5.10 Å². The van der Waals surface area contributed by atoms with E-state index in [1.54, 1.807) is 42.9 Å². The first-order valence-corrected chi connectivity index (χ1v) is 8.13. The molecular formula is C17H15FIN3O. The van der Waals surface area contributed by atoms with Gasteiger partial charge in [-0.1, -0.05) is 0 Å². The van der Waals surface area contributed by atoms with Crippen molar-refractivity contribution in [2.45, 2.75) is 19.4 Å². The summed E-state index contributed by atoms with van der Waals surface area (Å²) >= 11 is 2.21. The molecule has 23 heavy (non-hydrogen) atoms. The maximum atomic E-state index is 13.0. The first-order chi connectivity index (χ1) is 10.8. The van der Waals surface area contributed by atoms with Crippen molar-refractivity contribution in [2.75, 3.05) is 0 Å². The largest absolute Gasteiger partial charge is 0.384 e. The Hall–Kier alpha value is -1.80. The molecule has 0 saturated carbocycles. The van der Waals surface area contributed by atoms with Crippen LogP contribution in [0.3, 0.4) is 0 Å². The Morgan fingerprint density at radius 1 is 1.13 bits per heavy atom. The minimum atomic E-state index is -0.973. The van der Waals surface area contributed by atoms with Crippen LogP contribution in [0.5, 0.6) is 0 Å². The van der Waals surface area contributed by atoms with E-state index in [2.05, 4.69) is 32.7 Å². The molecule has 3 rings (SSSR count). The first-order valence-electron chi connectivity index (χ1n) is 7.05. The van der Waals surface area contributed by atoms with E-state index in [-0.39, 0.29) is 5.82 Å². The van der Waals surface area contributed by atoms with Crippen molar-refractivity contribution in [3.8, 4) is 16.9 Å². The Balaban J connectivity index is 1.96. The molecule has 0 spiro atoms. The van der Waals surface area contributed by atoms with Crippen molar-refractivity contribution < 1.29 is 9.50 Å². The van der Waals surface area contributed by atoms with Crippen LogP contribution in [0.15, 0.2) is 48.8 Å². The summed E-state index contributed by atoms with van der Waals surface area (Å²) in [4.78, 5) is 4.31. The van der Waals surface area contributed by atoms with Crippen LogP contribution in [0.25, 0.3) is 16.9 Å². The lowest BCUT2D eigenvalue weighted by molar-refractivity contribution is 0.0739. The lowest BCUT2D eigenvalue weighted by atomic mass is 10.0. The molecule has 0 saturated heterocycles. The van der Waals surface area contributed by atoms with Crippen molar-refractivity contribution in [3.05, 3.63) is 63.9 Å². The highest BCUT2D eigenvalue weighted by atomic mass is 127. The van der Waals surface area contributed by atoms with Gasteiger partial charge in [-0.3, -0.25) is 4.98 Å². The fourth-order valence-electron chi connectivity index (χ4n) is 2.17. The molecule has 4 nitrogen and oxygen atoms in total. The highest BCUT2D eigenvalue weighted by molar-refractivity contribution is 14.1. The molecule has 0 aliphatic carbocycles. The van der Waals surface area contributed by atoms with E-state index in [0.29, 0.717) is 5.69 Å². The zero-order valence-electron chi connectivity index (χ0n) is 12.7. The average molecular weight is 423 g/mol. The Bertz CT molecular complexity index is 821. The van der Waals surface area contributed by atoms with E-state index < -0.39 is 5.60 Å². The topological polar surface area (TPSA) is 50.9 Å². The van der Waals surface area contributed by atoms with Gasteiger partial charge in [-0.25, -0.2) is 9.07 Å². The van der Waals surface area contributed by atoms with E-state index in [9.17, 15) is 9.50 Å². The molecular weight excluding hydrogens is 408 g/mol. The molecule has 0 atom stereocenters. The molecule has 0 radical (unpaired) electrons. The molecule has 0 unspecified atom stereocenters. The number of nitrogens with zero attached hydrogens (tertiary/aromatic N) is 3. The fourth-order valence-corrected chi connectivity index (χ4v) is 2.85. The Labute approximate surface area is 147 Å². The van der Waals surface area contributed by atoms with Gasteiger partial charge in [0, 0.05) is 18.0 Å². The van der Waals surface area contributed by atoms with Crippen LogP contribution in [0.4, 0.5) is 4.39 Å². The van der Waals surface area contributed by atoms with Crippen LogP contribution in [0, 0.1) is 9.39 Å². The van der Waals surface area contributed by atoms with E-state index in [1.807, 2.05) is 12.3 Å². The third-order valence-corrected chi connectivity index (χ3v) is 4.21. The van der Waals surface area contributed by atoms with Gasteiger partial charge in [0.2, 0.25) is 0 Å². The van der Waals surface area contributed by atoms with Crippen molar-refractivity contribution in [1.29, 1.82) is 0 Å². The van der Waals surface area contributed by atoms with Crippen LogP contribution in [0.2, 0.25) is 0 Å². The SMILES string of the molecule is CC(C)(O)c1ccc(-c2nn(-c3ccc(F)cc3)cc2I)cn1. The van der Waals surface area contributed by atoms with Gasteiger partial charge in [0.15, 0.2) is 0 Å². The molecule has 0 aliphatic heterocycles. The van der Waals surface area contributed by atoms with Crippen LogP contribution in [-0.4, -0.2) is 19.9 Å². The van der Waals surface area contributed by atoms with Crippen LogP contribution in [0.1, 0.15) is 19.5 Å². The van der Waals surface area contributed by atoms with E-state index in [4.69, 9.17) is 0 Å². The molecule has 2 aromatic heterocycles. The minimum Gasteiger partial charge on any atom is -0.384 e. The van der Waals surface area contributed by atoms with E-state index in [1.165, 1.54) is 12.1 Å². The van der Waals surface area contributed by atoms with Crippen LogP contribution in [-0.2, 0) is 5.60 Å². The Kier molecular flexibility index (Phi) is 4.20. The maximum absolute atomic E-state index is 13.0. The van der Waals surface area contributed by atoms with Crippen molar-refractivity contribution in [3.63, 3.8) is 0 Å². The van der Waals surface area contributed by atoms with Gasteiger partial charge in [0.1, 0.15) is 17.1 Å². The van der Waals surface area contributed by atoms with Crippen molar-refractivity contribution >= 4 is 22.6 Å². The predicted octanol–water partition coefficient (Wildman–Crippen LogP) is 3.91. The number of hydrogen-bond donors (Lipinski definition) is 1. The molecule has 0 aliphatic rings. The third-order valence-electron chi connectivity index (χ3n) is 3.42. The van der Waals surface area contributed by atoms with Crippen LogP contribution < -0.4 is 0 Å². The summed E-state index contributed by atoms with van der Waals surface area (Å²) in [7, 11) is 0. The average Bonchev–Trinajstić information content (AvgIpc) is 2.89. The summed E-state index contributed by atoms with van der Waals surface area (Å²) in [5, 5.41) is 14.5. The Morgan fingerprint density at radius 3 is 2.39 bits per heavy atom. The molecule has 2 heterocycles. The molecule has 0 amide bonds. The monoisotopic (exact) mass is 423 g/mol. The lowest BCUT2D eigenvalue weighted by Gasteiger charge is -2.16. The normalized spacial score (nSPS) is 11.7. The minimum absolute atomic E-state index is 0.276. The maximum Gasteiger partial charge on any atom is 0.123 e. The molecule has 6 heteroatoms. The van der Waals surface area contributed by atoms with Gasteiger partial charge < -0.3 is 5.11 Å². The summed E-state index contributed by atoms with van der Waals surface area (Å²) in [6, 6.07) is 9.85. The van der Waals surface area contributed by atoms with E-state index in [0.717, 1.165) is 20.5 Å². The highest BCUT2D eigenvalue weighted by Crippen LogP contribution is 2.26. The predicted molar refractivity (Wildman–Crippen MR) is 94.7 cm³/mol. The number of halogens is 2.